The number of likely N-dealkylation sites (tertiary alicyclic amines) is 1. The molecule has 4 heterocycles. The summed E-state index contributed by atoms with van der Waals surface area (Å²) in [4.78, 5) is 11.4. The van der Waals surface area contributed by atoms with E-state index < -0.39 is 32.9 Å². The summed E-state index contributed by atoms with van der Waals surface area (Å²) in [6.07, 6.45) is 7.40. The third-order valence-corrected chi connectivity index (χ3v) is 9.37. The second kappa shape index (κ2) is 10.2. The van der Waals surface area contributed by atoms with Crippen LogP contribution in [0.3, 0.4) is 0 Å². The van der Waals surface area contributed by atoms with Crippen LogP contribution in [-0.4, -0.2) is 36.9 Å². The first-order valence-corrected chi connectivity index (χ1v) is 14.1. The van der Waals surface area contributed by atoms with Crippen molar-refractivity contribution >= 4 is 11.0 Å². The van der Waals surface area contributed by atoms with Crippen molar-refractivity contribution in [3.8, 4) is 0 Å². The molecule has 0 bridgehead atoms. The highest BCUT2D eigenvalue weighted by atomic mass is 32.2. The summed E-state index contributed by atoms with van der Waals surface area (Å²) in [5, 5.41) is 0. The lowest BCUT2D eigenvalue weighted by molar-refractivity contribution is -0.0800. The Morgan fingerprint density at radius 3 is 2.47 bits per heavy atom. The van der Waals surface area contributed by atoms with Crippen molar-refractivity contribution < 1.29 is 17.7 Å². The maximum Gasteiger partial charge on any atom is 0.159 e. The van der Waals surface area contributed by atoms with E-state index >= 15 is 0 Å². The number of hydrogen-bond acceptors (Lipinski definition) is 5. The number of benzene rings is 1. The second-order valence-corrected chi connectivity index (χ2v) is 13.3. The van der Waals surface area contributed by atoms with Gasteiger partial charge in [-0.25, -0.2) is 17.7 Å². The van der Waals surface area contributed by atoms with Crippen molar-refractivity contribution in [2.45, 2.75) is 69.6 Å². The lowest BCUT2D eigenvalue weighted by Crippen LogP contribution is -2.47. The minimum absolute atomic E-state index is 0.233. The van der Waals surface area contributed by atoms with E-state index in [1.54, 1.807) is 6.92 Å². The molecule has 0 unspecified atom stereocenters. The topological polar surface area (TPSA) is 67.4 Å². The molecule has 1 N–H and O–H groups in total. The molecular formula is C29H34F2N4O2S. The molecule has 0 aliphatic carbocycles. The van der Waals surface area contributed by atoms with Crippen molar-refractivity contribution in [3.05, 3.63) is 94.6 Å². The van der Waals surface area contributed by atoms with E-state index in [0.29, 0.717) is 17.9 Å². The number of nitrogens with one attached hydrogen (secondary N) is 1. The Hall–Kier alpha value is -2.59. The summed E-state index contributed by atoms with van der Waals surface area (Å²) in [5.74, 6) is -1.89. The van der Waals surface area contributed by atoms with E-state index in [4.69, 9.17) is 9.72 Å². The van der Waals surface area contributed by atoms with Crippen LogP contribution < -0.4 is 4.72 Å². The number of ether oxygens (including phenoxy) is 1. The molecule has 2 atom stereocenters. The number of pyridine rings is 2. The Balaban J connectivity index is 1.32. The van der Waals surface area contributed by atoms with Crippen LogP contribution in [0.15, 0.2) is 55.0 Å². The van der Waals surface area contributed by atoms with Gasteiger partial charge >= 0.3 is 0 Å². The summed E-state index contributed by atoms with van der Waals surface area (Å²) >= 11 is 0. The highest BCUT2D eigenvalue weighted by molar-refractivity contribution is 7.84. The van der Waals surface area contributed by atoms with Gasteiger partial charge in [0.2, 0.25) is 0 Å². The number of aromatic nitrogens is 2. The predicted octanol–water partition coefficient (Wildman–Crippen LogP) is 5.09. The van der Waals surface area contributed by atoms with Gasteiger partial charge in [0.1, 0.15) is 0 Å². The smallest absolute Gasteiger partial charge is 0.159 e. The van der Waals surface area contributed by atoms with E-state index in [1.807, 2.05) is 57.6 Å². The molecule has 3 aromatic rings. The molecule has 0 radical (unpaired) electrons. The van der Waals surface area contributed by atoms with Crippen LogP contribution in [-0.2, 0) is 40.0 Å². The summed E-state index contributed by atoms with van der Waals surface area (Å²) < 4.78 is 49.8. The highest BCUT2D eigenvalue weighted by Gasteiger charge is 2.43. The standard InChI is InChI=1S/C29H34F2N4O2S/c1-27(2,3)38(36)34-28(4,22-6-7-24(30)25(31)15-22)26-8-5-20(16-33-26)18-35-13-10-29(11-14-35)23-17-32-12-9-21(23)19-37-29/h5-9,12,15-17,34H,10-11,13-14,18-19H2,1-4H3/t28-,38+/m1/s1. The molecule has 1 aromatic carbocycles. The minimum atomic E-state index is -1.48. The van der Waals surface area contributed by atoms with Gasteiger partial charge in [-0.1, -0.05) is 12.1 Å². The lowest BCUT2D eigenvalue weighted by atomic mass is 9.84. The number of piperidine rings is 1. The van der Waals surface area contributed by atoms with Gasteiger partial charge in [0.25, 0.3) is 0 Å². The van der Waals surface area contributed by atoms with Crippen LogP contribution in [0.1, 0.15) is 68.5 Å². The molecule has 38 heavy (non-hydrogen) atoms. The Bertz CT molecular complexity index is 1340. The van der Waals surface area contributed by atoms with Gasteiger partial charge in [-0.05, 0) is 81.5 Å². The summed E-state index contributed by atoms with van der Waals surface area (Å²) in [6, 6.07) is 9.65. The Kier molecular flexibility index (Phi) is 7.24. The van der Waals surface area contributed by atoms with Crippen LogP contribution in [0.25, 0.3) is 0 Å². The van der Waals surface area contributed by atoms with Crippen molar-refractivity contribution in [1.29, 1.82) is 0 Å². The second-order valence-electron chi connectivity index (χ2n) is 11.4. The SMILES string of the molecule is CC(C)(C)[S@](=O)N[C@](C)(c1ccc(F)c(F)c1)c1ccc(CN2CCC3(CC2)OCc2ccncc23)cn1. The number of halogens is 2. The molecule has 1 fully saturated rings. The third kappa shape index (κ3) is 5.17. The van der Waals surface area contributed by atoms with E-state index in [9.17, 15) is 13.0 Å². The normalized spacial score (nSPS) is 19.7. The molecule has 1 spiro atoms. The van der Waals surface area contributed by atoms with Crippen LogP contribution >= 0.6 is 0 Å². The van der Waals surface area contributed by atoms with E-state index in [-0.39, 0.29) is 5.60 Å². The zero-order valence-electron chi connectivity index (χ0n) is 22.3. The Labute approximate surface area is 225 Å². The van der Waals surface area contributed by atoms with Gasteiger partial charge in [0.15, 0.2) is 11.6 Å². The number of fused-ring (bicyclic) bond motifs is 2. The summed E-state index contributed by atoms with van der Waals surface area (Å²) in [7, 11) is -1.48. The van der Waals surface area contributed by atoms with Gasteiger partial charge in [0, 0.05) is 43.8 Å². The zero-order chi connectivity index (χ0) is 27.1. The predicted molar refractivity (Wildman–Crippen MR) is 143 cm³/mol. The molecule has 2 aromatic heterocycles. The first kappa shape index (κ1) is 27.0. The van der Waals surface area contributed by atoms with E-state index in [1.165, 1.54) is 17.2 Å². The van der Waals surface area contributed by atoms with Crippen LogP contribution in [0.5, 0.6) is 0 Å². The fraction of sp³-hybridized carbons (Fsp3) is 0.448. The molecule has 6 nitrogen and oxygen atoms in total. The van der Waals surface area contributed by atoms with Crippen molar-refractivity contribution in [2.24, 2.45) is 0 Å². The minimum Gasteiger partial charge on any atom is -0.365 e. The largest absolute Gasteiger partial charge is 0.365 e. The van der Waals surface area contributed by atoms with Crippen molar-refractivity contribution in [3.63, 3.8) is 0 Å². The van der Waals surface area contributed by atoms with Gasteiger partial charge in [0.05, 0.1) is 39.2 Å². The summed E-state index contributed by atoms with van der Waals surface area (Å²) in [5.41, 5.74) is 3.20. The third-order valence-electron chi connectivity index (χ3n) is 7.66. The van der Waals surface area contributed by atoms with Crippen LogP contribution in [0.2, 0.25) is 0 Å². The number of rotatable bonds is 6. The molecule has 2 aliphatic rings. The number of hydrogen-bond donors (Lipinski definition) is 1. The molecule has 5 rings (SSSR count). The number of nitrogens with zero attached hydrogens (tertiary/aromatic N) is 3. The van der Waals surface area contributed by atoms with Gasteiger partial charge in [-0.2, -0.15) is 0 Å². The Morgan fingerprint density at radius 2 is 1.82 bits per heavy atom. The Morgan fingerprint density at radius 1 is 1.05 bits per heavy atom. The highest BCUT2D eigenvalue weighted by Crippen LogP contribution is 2.43. The molecule has 0 saturated carbocycles. The van der Waals surface area contributed by atoms with Crippen LogP contribution in [0.4, 0.5) is 8.78 Å². The fourth-order valence-corrected chi connectivity index (χ4v) is 6.12. The van der Waals surface area contributed by atoms with Gasteiger partial charge in [-0.3, -0.25) is 14.9 Å². The quantitative estimate of drug-likeness (QED) is 0.472. The molecular weight excluding hydrogens is 506 g/mol. The molecule has 2 aliphatic heterocycles. The van der Waals surface area contributed by atoms with Gasteiger partial charge < -0.3 is 4.74 Å². The fourth-order valence-electron chi connectivity index (χ4n) is 5.22. The van der Waals surface area contributed by atoms with Crippen molar-refractivity contribution in [2.75, 3.05) is 13.1 Å². The first-order valence-electron chi connectivity index (χ1n) is 12.9. The average Bonchev–Trinajstić information content (AvgIpc) is 3.25. The molecule has 202 valence electrons. The molecule has 0 amide bonds. The first-order chi connectivity index (χ1) is 18.0. The summed E-state index contributed by atoms with van der Waals surface area (Å²) in [6.45, 7) is 10.5. The molecule has 9 heteroatoms. The molecule has 1 saturated heterocycles. The van der Waals surface area contributed by atoms with Crippen LogP contribution in [0, 0.1) is 11.6 Å². The average molecular weight is 541 g/mol. The van der Waals surface area contributed by atoms with E-state index in [2.05, 4.69) is 14.6 Å². The van der Waals surface area contributed by atoms with Crippen molar-refractivity contribution in [1.82, 2.24) is 19.6 Å². The zero-order valence-corrected chi connectivity index (χ0v) is 23.1. The maximum absolute atomic E-state index is 14.2. The lowest BCUT2D eigenvalue weighted by Gasteiger charge is -2.39. The van der Waals surface area contributed by atoms with Gasteiger partial charge in [-0.15, -0.1) is 0 Å². The van der Waals surface area contributed by atoms with E-state index in [0.717, 1.165) is 50.2 Å². The maximum atomic E-state index is 14.2. The monoisotopic (exact) mass is 540 g/mol.